The number of nitrogens with zero attached hydrogens (tertiary/aromatic N) is 4. The third-order valence-corrected chi connectivity index (χ3v) is 7.30. The second-order valence-electron chi connectivity index (χ2n) is 8.48. The number of carbonyl (C=O) groups excluding carboxylic acids is 2. The van der Waals surface area contributed by atoms with E-state index in [9.17, 15) is 14.0 Å². The van der Waals surface area contributed by atoms with Crippen molar-refractivity contribution in [2.45, 2.75) is 49.8 Å². The largest absolute Gasteiger partial charge is 0.341 e. The van der Waals surface area contributed by atoms with Crippen molar-refractivity contribution in [3.05, 3.63) is 54.3 Å². The number of anilines is 1. The molecule has 1 heterocycles. The zero-order chi connectivity index (χ0) is 23.4. The monoisotopic (exact) mass is 468 g/mol. The number of carbonyl (C=O) groups is 2. The number of benzene rings is 2. The van der Waals surface area contributed by atoms with Crippen molar-refractivity contribution < 1.29 is 14.0 Å². The van der Waals surface area contributed by atoms with E-state index >= 15 is 0 Å². The summed E-state index contributed by atoms with van der Waals surface area (Å²) < 4.78 is 15.1. The molecule has 1 aliphatic rings. The minimum atomic E-state index is -0.342. The van der Waals surface area contributed by atoms with Crippen LogP contribution in [0.2, 0.25) is 0 Å². The molecule has 174 valence electrons. The second-order valence-corrected chi connectivity index (χ2v) is 9.43. The predicted octanol–water partition coefficient (Wildman–Crippen LogP) is 4.72. The average Bonchev–Trinajstić information content (AvgIpc) is 3.19. The van der Waals surface area contributed by atoms with Crippen molar-refractivity contribution in [3.63, 3.8) is 0 Å². The fourth-order valence-electron chi connectivity index (χ4n) is 4.27. The van der Waals surface area contributed by atoms with Gasteiger partial charge in [0.2, 0.25) is 11.8 Å². The molecular formula is C25H29FN4O2S. The van der Waals surface area contributed by atoms with Gasteiger partial charge in [-0.25, -0.2) is 9.37 Å². The molecule has 33 heavy (non-hydrogen) atoms. The molecule has 0 bridgehead atoms. The standard InChI is InChI=1S/C25H29FN4O2S/c1-28(19-8-4-3-5-9-19)23(31)16-30-22-11-7-6-10-21(22)27-25(30)33-17-24(32)29(2)20-14-12-18(26)13-15-20/h6-7,10-15,19H,3-5,8-9,16-17H2,1-2H3. The van der Waals surface area contributed by atoms with Crippen LogP contribution in [0.3, 0.4) is 0 Å². The maximum Gasteiger partial charge on any atom is 0.242 e. The molecule has 2 amide bonds. The number of para-hydroxylation sites is 2. The Labute approximate surface area is 197 Å². The number of aromatic nitrogens is 2. The third-order valence-electron chi connectivity index (χ3n) is 6.34. The van der Waals surface area contributed by atoms with Gasteiger partial charge in [-0.3, -0.25) is 9.59 Å². The topological polar surface area (TPSA) is 58.4 Å². The summed E-state index contributed by atoms with van der Waals surface area (Å²) in [6, 6.07) is 13.8. The molecule has 4 rings (SSSR count). The Hall–Kier alpha value is -2.87. The number of hydrogen-bond donors (Lipinski definition) is 0. The lowest BCUT2D eigenvalue weighted by Gasteiger charge is -2.31. The number of hydrogen-bond acceptors (Lipinski definition) is 4. The number of halogens is 1. The summed E-state index contributed by atoms with van der Waals surface area (Å²) in [6.45, 7) is 0.192. The quantitative estimate of drug-likeness (QED) is 0.471. The molecule has 1 aromatic heterocycles. The van der Waals surface area contributed by atoms with Gasteiger partial charge in [-0.2, -0.15) is 0 Å². The van der Waals surface area contributed by atoms with Crippen LogP contribution in [0.5, 0.6) is 0 Å². The van der Waals surface area contributed by atoms with E-state index in [1.807, 2.05) is 40.8 Å². The van der Waals surface area contributed by atoms with Crippen molar-refractivity contribution in [3.8, 4) is 0 Å². The van der Waals surface area contributed by atoms with Crippen LogP contribution in [0.15, 0.2) is 53.7 Å². The summed E-state index contributed by atoms with van der Waals surface area (Å²) in [7, 11) is 3.56. The van der Waals surface area contributed by atoms with E-state index in [0.29, 0.717) is 16.9 Å². The lowest BCUT2D eigenvalue weighted by molar-refractivity contribution is -0.133. The van der Waals surface area contributed by atoms with E-state index in [-0.39, 0.29) is 29.9 Å². The van der Waals surface area contributed by atoms with Gasteiger partial charge >= 0.3 is 0 Å². The zero-order valence-corrected chi connectivity index (χ0v) is 19.9. The Balaban J connectivity index is 1.49. The molecule has 1 saturated carbocycles. The lowest BCUT2D eigenvalue weighted by atomic mass is 9.94. The molecule has 0 atom stereocenters. The Kier molecular flexibility index (Phi) is 7.33. The van der Waals surface area contributed by atoms with Crippen molar-refractivity contribution in [2.24, 2.45) is 0 Å². The van der Waals surface area contributed by atoms with Crippen LogP contribution < -0.4 is 4.90 Å². The molecular weight excluding hydrogens is 439 g/mol. The molecule has 0 N–H and O–H groups in total. The highest BCUT2D eigenvalue weighted by atomic mass is 32.2. The first-order valence-electron chi connectivity index (χ1n) is 11.3. The van der Waals surface area contributed by atoms with Crippen LogP contribution in [-0.2, 0) is 16.1 Å². The van der Waals surface area contributed by atoms with E-state index < -0.39 is 0 Å². The summed E-state index contributed by atoms with van der Waals surface area (Å²) >= 11 is 1.31. The molecule has 0 unspecified atom stereocenters. The van der Waals surface area contributed by atoms with Crippen molar-refractivity contribution in [1.82, 2.24) is 14.5 Å². The highest BCUT2D eigenvalue weighted by Crippen LogP contribution is 2.26. The zero-order valence-electron chi connectivity index (χ0n) is 19.0. The van der Waals surface area contributed by atoms with Gasteiger partial charge in [0.05, 0.1) is 16.8 Å². The molecule has 0 aliphatic heterocycles. The summed E-state index contributed by atoms with van der Waals surface area (Å²) in [5, 5.41) is 0.641. The van der Waals surface area contributed by atoms with E-state index in [4.69, 9.17) is 0 Å². The molecule has 0 saturated heterocycles. The first-order valence-corrected chi connectivity index (χ1v) is 12.3. The van der Waals surface area contributed by atoms with Gasteiger partial charge in [-0.05, 0) is 49.2 Å². The minimum absolute atomic E-state index is 0.0571. The maximum absolute atomic E-state index is 13.2. The number of likely N-dealkylation sites (N-methyl/N-ethyl adjacent to an activating group) is 1. The highest BCUT2D eigenvalue weighted by molar-refractivity contribution is 7.99. The van der Waals surface area contributed by atoms with Crippen LogP contribution in [0.1, 0.15) is 32.1 Å². The smallest absolute Gasteiger partial charge is 0.242 e. The SMILES string of the molecule is CN(C(=O)CSc1nc2ccccc2n1CC(=O)N(C)C1CCCCC1)c1ccc(F)cc1. The fourth-order valence-corrected chi connectivity index (χ4v) is 5.19. The van der Waals surface area contributed by atoms with Crippen LogP contribution in [0, 0.1) is 5.82 Å². The van der Waals surface area contributed by atoms with Crippen LogP contribution in [0.4, 0.5) is 10.1 Å². The highest BCUT2D eigenvalue weighted by Gasteiger charge is 2.24. The number of rotatable bonds is 7. The number of amides is 2. The molecule has 0 radical (unpaired) electrons. The molecule has 0 spiro atoms. The van der Waals surface area contributed by atoms with Crippen molar-refractivity contribution >= 4 is 40.3 Å². The first-order chi connectivity index (χ1) is 15.9. The predicted molar refractivity (Wildman–Crippen MR) is 130 cm³/mol. The molecule has 3 aromatic rings. The van der Waals surface area contributed by atoms with Gasteiger partial charge in [0, 0.05) is 25.8 Å². The maximum atomic E-state index is 13.2. The van der Waals surface area contributed by atoms with Gasteiger partial charge in [0.25, 0.3) is 0 Å². The summed E-state index contributed by atoms with van der Waals surface area (Å²) in [4.78, 5) is 34.0. The van der Waals surface area contributed by atoms with Crippen molar-refractivity contribution in [2.75, 3.05) is 24.7 Å². The molecule has 8 heteroatoms. The molecule has 1 fully saturated rings. The molecule has 6 nitrogen and oxygen atoms in total. The first kappa shape index (κ1) is 23.3. The number of thioether (sulfide) groups is 1. The van der Waals surface area contributed by atoms with Gasteiger partial charge in [-0.15, -0.1) is 0 Å². The average molecular weight is 469 g/mol. The van der Waals surface area contributed by atoms with Crippen molar-refractivity contribution in [1.29, 1.82) is 0 Å². The van der Waals surface area contributed by atoms with Crippen LogP contribution >= 0.6 is 11.8 Å². The summed E-state index contributed by atoms with van der Waals surface area (Å²) in [5.41, 5.74) is 2.30. The van der Waals surface area contributed by atoms with E-state index in [1.54, 1.807) is 19.2 Å². The fraction of sp³-hybridized carbons (Fsp3) is 0.400. The molecule has 1 aliphatic carbocycles. The minimum Gasteiger partial charge on any atom is -0.341 e. The Bertz CT molecular complexity index is 1130. The summed E-state index contributed by atoms with van der Waals surface area (Å²) in [5.74, 6) is -0.257. The number of imidazole rings is 1. The second kappa shape index (κ2) is 10.4. The Morgan fingerprint density at radius 3 is 2.45 bits per heavy atom. The van der Waals surface area contributed by atoms with Gasteiger partial charge < -0.3 is 14.4 Å². The molecule has 2 aromatic carbocycles. The van der Waals surface area contributed by atoms with Crippen LogP contribution in [-0.4, -0.2) is 52.2 Å². The Morgan fingerprint density at radius 2 is 1.73 bits per heavy atom. The normalized spacial score (nSPS) is 14.4. The third kappa shape index (κ3) is 5.38. The summed E-state index contributed by atoms with van der Waals surface area (Å²) in [6.07, 6.45) is 5.69. The number of fused-ring (bicyclic) bond motifs is 1. The van der Waals surface area contributed by atoms with Gasteiger partial charge in [-0.1, -0.05) is 43.2 Å². The lowest BCUT2D eigenvalue weighted by Crippen LogP contribution is -2.40. The van der Waals surface area contributed by atoms with Gasteiger partial charge in [0.15, 0.2) is 5.16 Å². The van der Waals surface area contributed by atoms with E-state index in [0.717, 1.165) is 23.9 Å². The van der Waals surface area contributed by atoms with E-state index in [1.165, 1.54) is 48.1 Å². The van der Waals surface area contributed by atoms with Crippen LogP contribution in [0.25, 0.3) is 11.0 Å². The van der Waals surface area contributed by atoms with Gasteiger partial charge in [0.1, 0.15) is 12.4 Å². The Morgan fingerprint density at radius 1 is 1.03 bits per heavy atom. The van der Waals surface area contributed by atoms with E-state index in [2.05, 4.69) is 4.98 Å².